The molecule has 3 heterocycles. The van der Waals surface area contributed by atoms with Gasteiger partial charge in [-0.15, -0.1) is 0 Å². The van der Waals surface area contributed by atoms with Crippen molar-refractivity contribution in [1.29, 1.82) is 0 Å². The van der Waals surface area contributed by atoms with Gasteiger partial charge in [-0.1, -0.05) is 12.1 Å². The van der Waals surface area contributed by atoms with Crippen LogP contribution in [0.15, 0.2) is 36.7 Å². The molecule has 0 radical (unpaired) electrons. The number of aromatic amines is 1. The summed E-state index contributed by atoms with van der Waals surface area (Å²) in [7, 11) is 0. The first-order valence-corrected chi connectivity index (χ1v) is 9.68. The number of aromatic nitrogens is 4. The number of nitrogens with one attached hydrogen (secondary N) is 1. The van der Waals surface area contributed by atoms with E-state index in [4.69, 9.17) is 0 Å². The largest absolute Gasteiger partial charge is 0.298 e. The number of halogens is 1. The molecule has 0 spiro atoms. The van der Waals surface area contributed by atoms with Crippen molar-refractivity contribution in [2.24, 2.45) is 0 Å². The van der Waals surface area contributed by atoms with Crippen LogP contribution in [0.25, 0.3) is 11.1 Å². The minimum Gasteiger partial charge on any atom is -0.298 e. The molecule has 0 amide bonds. The fourth-order valence-corrected chi connectivity index (χ4v) is 4.05. The van der Waals surface area contributed by atoms with Crippen LogP contribution in [0.5, 0.6) is 0 Å². The number of hydrogen-bond donors (Lipinski definition) is 1. The van der Waals surface area contributed by atoms with Gasteiger partial charge < -0.3 is 0 Å². The second-order valence-electron chi connectivity index (χ2n) is 7.38. The molecule has 1 atom stereocenters. The lowest BCUT2D eigenvalue weighted by atomic mass is 9.90. The molecular weight excluding hydrogens is 341 g/mol. The fourth-order valence-electron chi connectivity index (χ4n) is 4.05. The van der Waals surface area contributed by atoms with Crippen molar-refractivity contribution in [3.8, 4) is 11.1 Å². The molecule has 3 aromatic rings. The zero-order valence-corrected chi connectivity index (χ0v) is 16.0. The predicted octanol–water partition coefficient (Wildman–Crippen LogP) is 4.12. The second-order valence-corrected chi connectivity index (χ2v) is 7.38. The summed E-state index contributed by atoms with van der Waals surface area (Å²) < 4.78 is 15.7. The summed E-state index contributed by atoms with van der Waals surface area (Å²) in [6, 6.07) is 6.76. The zero-order valence-electron chi connectivity index (χ0n) is 16.0. The maximum absolute atomic E-state index is 13.7. The van der Waals surface area contributed by atoms with Gasteiger partial charge in [0.25, 0.3) is 0 Å². The maximum atomic E-state index is 13.7. The number of H-pyrrole nitrogens is 1. The molecule has 0 aliphatic carbocycles. The van der Waals surface area contributed by atoms with Crippen molar-refractivity contribution >= 4 is 0 Å². The molecule has 0 saturated carbocycles. The van der Waals surface area contributed by atoms with E-state index in [1.54, 1.807) is 12.1 Å². The molecule has 5 nitrogen and oxygen atoms in total. The molecule has 6 heteroatoms. The Bertz CT molecular complexity index is 913. The third-order valence-corrected chi connectivity index (χ3v) is 5.48. The summed E-state index contributed by atoms with van der Waals surface area (Å²) in [6.07, 6.45) is 6.24. The van der Waals surface area contributed by atoms with Gasteiger partial charge in [-0.25, -0.2) is 4.39 Å². The Labute approximate surface area is 159 Å². The summed E-state index contributed by atoms with van der Waals surface area (Å²) in [5.41, 5.74) is 5.42. The van der Waals surface area contributed by atoms with Crippen molar-refractivity contribution in [3.63, 3.8) is 0 Å². The Morgan fingerprint density at radius 3 is 3.00 bits per heavy atom. The summed E-state index contributed by atoms with van der Waals surface area (Å²) in [6.45, 7) is 8.08. The highest BCUT2D eigenvalue weighted by Crippen LogP contribution is 2.33. The van der Waals surface area contributed by atoms with Crippen LogP contribution in [-0.2, 0) is 13.1 Å². The quantitative estimate of drug-likeness (QED) is 0.738. The second kappa shape index (κ2) is 7.64. The average Bonchev–Trinajstić information content (AvgIpc) is 3.29. The third-order valence-electron chi connectivity index (χ3n) is 5.48. The Morgan fingerprint density at radius 2 is 2.22 bits per heavy atom. The lowest BCUT2D eigenvalue weighted by Crippen LogP contribution is -2.34. The van der Waals surface area contributed by atoms with Crippen LogP contribution < -0.4 is 0 Å². The zero-order chi connectivity index (χ0) is 18.8. The van der Waals surface area contributed by atoms with Crippen molar-refractivity contribution in [3.05, 3.63) is 59.4 Å². The van der Waals surface area contributed by atoms with E-state index in [1.807, 2.05) is 16.9 Å². The molecule has 1 fully saturated rings. The van der Waals surface area contributed by atoms with Crippen molar-refractivity contribution in [1.82, 2.24) is 24.9 Å². The highest BCUT2D eigenvalue weighted by atomic mass is 19.1. The number of hydrogen-bond acceptors (Lipinski definition) is 3. The monoisotopic (exact) mass is 367 g/mol. The molecular formula is C21H26FN5. The molecule has 2 aromatic heterocycles. The molecule has 1 saturated heterocycles. The molecule has 0 bridgehead atoms. The van der Waals surface area contributed by atoms with Crippen LogP contribution in [-0.4, -0.2) is 38.0 Å². The predicted molar refractivity (Wildman–Crippen MR) is 104 cm³/mol. The van der Waals surface area contributed by atoms with E-state index in [0.29, 0.717) is 5.92 Å². The van der Waals surface area contributed by atoms with E-state index in [2.05, 4.69) is 40.2 Å². The van der Waals surface area contributed by atoms with Crippen LogP contribution in [0, 0.1) is 12.7 Å². The van der Waals surface area contributed by atoms with Gasteiger partial charge in [0.1, 0.15) is 5.82 Å². The van der Waals surface area contributed by atoms with E-state index in [-0.39, 0.29) is 5.82 Å². The van der Waals surface area contributed by atoms with Crippen LogP contribution in [0.2, 0.25) is 0 Å². The molecule has 1 aromatic carbocycles. The summed E-state index contributed by atoms with van der Waals surface area (Å²) in [5.74, 6) is 0.161. The molecule has 142 valence electrons. The van der Waals surface area contributed by atoms with Gasteiger partial charge >= 0.3 is 0 Å². The average molecular weight is 367 g/mol. The fraction of sp³-hybridized carbons (Fsp3) is 0.429. The highest BCUT2D eigenvalue weighted by Gasteiger charge is 2.26. The van der Waals surface area contributed by atoms with Gasteiger partial charge in [-0.3, -0.25) is 14.7 Å². The number of aryl methyl sites for hydroxylation is 2. The standard InChI is InChI=1S/C21H26FN5/c1-3-27-14-18(15(2)25-27)13-26-9-5-7-17(12-26)21-20(11-23-24-21)16-6-4-8-19(22)10-16/h4,6,8,10-11,14,17H,3,5,7,9,12-13H2,1-2H3,(H,23,24)/t17-/m1/s1. The lowest BCUT2D eigenvalue weighted by Gasteiger charge is -2.32. The first-order valence-electron chi connectivity index (χ1n) is 9.68. The van der Waals surface area contributed by atoms with E-state index in [9.17, 15) is 4.39 Å². The number of piperidine rings is 1. The van der Waals surface area contributed by atoms with E-state index in [1.165, 1.54) is 11.6 Å². The lowest BCUT2D eigenvalue weighted by molar-refractivity contribution is 0.198. The Kier molecular flexibility index (Phi) is 5.07. The molecule has 1 aliphatic rings. The van der Waals surface area contributed by atoms with Crippen molar-refractivity contribution in [2.45, 2.75) is 45.7 Å². The van der Waals surface area contributed by atoms with Gasteiger partial charge in [0.05, 0.1) is 11.9 Å². The minimum atomic E-state index is -0.215. The van der Waals surface area contributed by atoms with E-state index >= 15 is 0 Å². The minimum absolute atomic E-state index is 0.215. The highest BCUT2D eigenvalue weighted by molar-refractivity contribution is 5.65. The number of rotatable bonds is 5. The van der Waals surface area contributed by atoms with Gasteiger partial charge in [0.15, 0.2) is 0 Å². The first kappa shape index (κ1) is 17.9. The van der Waals surface area contributed by atoms with Crippen LogP contribution in [0.1, 0.15) is 42.6 Å². The number of likely N-dealkylation sites (tertiary alicyclic amines) is 1. The number of nitrogens with zero attached hydrogens (tertiary/aromatic N) is 4. The Balaban J connectivity index is 1.52. The third kappa shape index (κ3) is 3.81. The Morgan fingerprint density at radius 1 is 1.33 bits per heavy atom. The van der Waals surface area contributed by atoms with Gasteiger partial charge in [-0.05, 0) is 50.9 Å². The van der Waals surface area contributed by atoms with Gasteiger partial charge in [0, 0.05) is 48.6 Å². The van der Waals surface area contributed by atoms with E-state index < -0.39 is 0 Å². The topological polar surface area (TPSA) is 49.7 Å². The van der Waals surface area contributed by atoms with Gasteiger partial charge in [0.2, 0.25) is 0 Å². The molecule has 1 N–H and O–H groups in total. The number of benzene rings is 1. The van der Waals surface area contributed by atoms with Gasteiger partial charge in [-0.2, -0.15) is 10.2 Å². The maximum Gasteiger partial charge on any atom is 0.123 e. The smallest absolute Gasteiger partial charge is 0.123 e. The van der Waals surface area contributed by atoms with Crippen LogP contribution in [0.3, 0.4) is 0 Å². The normalized spacial score (nSPS) is 18.1. The van der Waals surface area contributed by atoms with Crippen LogP contribution >= 0.6 is 0 Å². The van der Waals surface area contributed by atoms with Crippen molar-refractivity contribution < 1.29 is 4.39 Å². The Hall–Kier alpha value is -2.47. The van der Waals surface area contributed by atoms with Crippen molar-refractivity contribution in [2.75, 3.05) is 13.1 Å². The summed E-state index contributed by atoms with van der Waals surface area (Å²) in [4.78, 5) is 2.49. The molecule has 0 unspecified atom stereocenters. The SMILES string of the molecule is CCn1cc(CN2CCC[C@@H](c3[nH]ncc3-c3cccc(F)c3)C2)c(C)n1. The summed E-state index contributed by atoms with van der Waals surface area (Å²) in [5, 5.41) is 12.0. The first-order chi connectivity index (χ1) is 13.1. The van der Waals surface area contributed by atoms with Crippen LogP contribution in [0.4, 0.5) is 4.39 Å². The van der Waals surface area contributed by atoms with E-state index in [0.717, 1.165) is 61.5 Å². The molecule has 27 heavy (non-hydrogen) atoms. The molecule has 1 aliphatic heterocycles. The summed E-state index contributed by atoms with van der Waals surface area (Å²) >= 11 is 0. The molecule has 4 rings (SSSR count).